The molecule has 1 fully saturated rings. The Bertz CT molecular complexity index is 789. The summed E-state index contributed by atoms with van der Waals surface area (Å²) < 4.78 is 6.65. The van der Waals surface area contributed by atoms with E-state index >= 15 is 0 Å². The molecule has 0 aliphatic heterocycles. The number of nitrogens with zero attached hydrogens (tertiary/aromatic N) is 1. The van der Waals surface area contributed by atoms with Gasteiger partial charge in [-0.2, -0.15) is 0 Å². The highest BCUT2D eigenvalue weighted by molar-refractivity contribution is 6.31. The van der Waals surface area contributed by atoms with Crippen molar-refractivity contribution in [3.05, 3.63) is 34.0 Å². The Morgan fingerprint density at radius 3 is 2.64 bits per heavy atom. The van der Waals surface area contributed by atoms with Crippen LogP contribution in [0.1, 0.15) is 40.4 Å². The Kier molecular flexibility index (Phi) is 3.60. The van der Waals surface area contributed by atoms with Gasteiger partial charge in [-0.1, -0.05) is 11.6 Å². The van der Waals surface area contributed by atoms with Gasteiger partial charge in [-0.3, -0.25) is 4.79 Å². The summed E-state index contributed by atoms with van der Waals surface area (Å²) in [5.41, 5.74) is 2.80. The number of aromatic nitrogens is 1. The number of methoxy groups -OCH3 is 1. The van der Waals surface area contributed by atoms with Gasteiger partial charge in [0.15, 0.2) is 0 Å². The van der Waals surface area contributed by atoms with Gasteiger partial charge in [0.2, 0.25) is 0 Å². The molecule has 1 aromatic carbocycles. The minimum Gasteiger partial charge on any atom is -0.480 e. The minimum atomic E-state index is -0.940. The third-order valence-electron chi connectivity index (χ3n) is 4.00. The molecule has 0 atom stereocenters. The number of halogens is 1. The van der Waals surface area contributed by atoms with Gasteiger partial charge < -0.3 is 14.4 Å². The predicted octanol–water partition coefficient (Wildman–Crippen LogP) is 3.35. The largest absolute Gasteiger partial charge is 0.480 e. The Hall–Kier alpha value is -2.01. The number of aliphatic carboxylic acids is 1. The van der Waals surface area contributed by atoms with Crippen LogP contribution in [-0.4, -0.2) is 28.7 Å². The number of aryl methyl sites for hydroxylation is 1. The van der Waals surface area contributed by atoms with Crippen LogP contribution in [-0.2, 0) is 16.1 Å². The molecule has 1 N–H and O–H groups in total. The maximum atomic E-state index is 12.3. The van der Waals surface area contributed by atoms with Crippen LogP contribution in [0.2, 0.25) is 5.02 Å². The zero-order valence-electron chi connectivity index (χ0n) is 12.4. The lowest BCUT2D eigenvalue weighted by atomic mass is 10.1. The van der Waals surface area contributed by atoms with Crippen molar-refractivity contribution >= 4 is 34.4 Å². The van der Waals surface area contributed by atoms with Crippen molar-refractivity contribution in [1.29, 1.82) is 0 Å². The molecule has 0 radical (unpaired) electrons. The fourth-order valence-corrected chi connectivity index (χ4v) is 3.35. The van der Waals surface area contributed by atoms with Crippen LogP contribution in [0.3, 0.4) is 0 Å². The zero-order valence-corrected chi connectivity index (χ0v) is 13.1. The lowest BCUT2D eigenvalue weighted by Crippen LogP contribution is -2.13. The number of rotatable bonds is 4. The first-order valence-corrected chi connectivity index (χ1v) is 7.44. The van der Waals surface area contributed by atoms with E-state index < -0.39 is 11.9 Å². The number of esters is 1. The fraction of sp³-hybridized carbons (Fsp3) is 0.375. The molecule has 1 aliphatic rings. The molecule has 0 amide bonds. The maximum absolute atomic E-state index is 12.3. The average molecular weight is 322 g/mol. The quantitative estimate of drug-likeness (QED) is 0.877. The van der Waals surface area contributed by atoms with Crippen molar-refractivity contribution < 1.29 is 19.4 Å². The highest BCUT2D eigenvalue weighted by atomic mass is 35.5. The van der Waals surface area contributed by atoms with Crippen LogP contribution in [0.15, 0.2) is 12.1 Å². The van der Waals surface area contributed by atoms with E-state index in [2.05, 4.69) is 0 Å². The minimum absolute atomic E-state index is 0.179. The molecule has 0 saturated heterocycles. The Morgan fingerprint density at radius 2 is 2.09 bits per heavy atom. The van der Waals surface area contributed by atoms with E-state index in [9.17, 15) is 14.7 Å². The molecule has 2 aromatic rings. The van der Waals surface area contributed by atoms with Crippen LogP contribution < -0.4 is 0 Å². The molecule has 1 aromatic heterocycles. The fourth-order valence-electron chi connectivity index (χ4n) is 3.08. The summed E-state index contributed by atoms with van der Waals surface area (Å²) >= 11 is 6.13. The molecular weight excluding hydrogens is 306 g/mol. The maximum Gasteiger partial charge on any atom is 0.340 e. The van der Waals surface area contributed by atoms with Gasteiger partial charge in [-0.25, -0.2) is 4.79 Å². The number of hydrogen-bond donors (Lipinski definition) is 1. The highest BCUT2D eigenvalue weighted by Gasteiger charge is 2.35. The van der Waals surface area contributed by atoms with E-state index in [1.54, 1.807) is 16.7 Å². The number of carboxylic acid groups (broad SMARTS) is 1. The third kappa shape index (κ3) is 2.35. The van der Waals surface area contributed by atoms with Crippen molar-refractivity contribution in [2.45, 2.75) is 32.2 Å². The molecule has 0 bridgehead atoms. The standard InChI is InChI=1S/C16H16ClNO4/c1-8-5-10(17)6-11-13(16(21)22-2)15(9-3-4-9)18(14(8)11)7-12(19)20/h5-6,9H,3-4,7H2,1-2H3,(H,19,20). The molecule has 22 heavy (non-hydrogen) atoms. The summed E-state index contributed by atoms with van der Waals surface area (Å²) in [4.78, 5) is 23.5. The first-order valence-electron chi connectivity index (χ1n) is 7.06. The lowest BCUT2D eigenvalue weighted by Gasteiger charge is -2.09. The number of carbonyl (C=O) groups is 2. The van der Waals surface area contributed by atoms with Gasteiger partial charge in [0.25, 0.3) is 0 Å². The molecule has 0 spiro atoms. The first-order chi connectivity index (χ1) is 10.4. The molecule has 0 unspecified atom stereocenters. The van der Waals surface area contributed by atoms with E-state index in [4.69, 9.17) is 16.3 Å². The number of carboxylic acids is 1. The van der Waals surface area contributed by atoms with E-state index in [-0.39, 0.29) is 12.5 Å². The number of hydrogen-bond acceptors (Lipinski definition) is 3. The molecular formula is C16H16ClNO4. The average Bonchev–Trinajstić information content (AvgIpc) is 3.21. The van der Waals surface area contributed by atoms with E-state index in [0.717, 1.165) is 29.6 Å². The van der Waals surface area contributed by atoms with Crippen LogP contribution >= 0.6 is 11.6 Å². The first kappa shape index (κ1) is 14.9. The Morgan fingerprint density at radius 1 is 1.41 bits per heavy atom. The van der Waals surface area contributed by atoms with E-state index in [0.29, 0.717) is 16.0 Å². The zero-order chi connectivity index (χ0) is 16.0. The molecule has 6 heteroatoms. The van der Waals surface area contributed by atoms with Crippen LogP contribution in [0.4, 0.5) is 0 Å². The molecule has 1 aliphatic carbocycles. The Balaban J connectivity index is 2.41. The topological polar surface area (TPSA) is 68.5 Å². The SMILES string of the molecule is COC(=O)c1c(C2CC2)n(CC(=O)O)c2c(C)cc(Cl)cc12. The number of benzene rings is 1. The second kappa shape index (κ2) is 5.32. The van der Waals surface area contributed by atoms with Crippen molar-refractivity contribution in [3.8, 4) is 0 Å². The van der Waals surface area contributed by atoms with Gasteiger partial charge in [0.1, 0.15) is 6.54 Å². The smallest absolute Gasteiger partial charge is 0.340 e. The summed E-state index contributed by atoms with van der Waals surface area (Å²) in [6.45, 7) is 1.69. The van der Waals surface area contributed by atoms with Crippen molar-refractivity contribution in [1.82, 2.24) is 4.57 Å². The van der Waals surface area contributed by atoms with Gasteiger partial charge >= 0.3 is 11.9 Å². The van der Waals surface area contributed by atoms with Crippen molar-refractivity contribution in [3.63, 3.8) is 0 Å². The second-order valence-electron chi connectivity index (χ2n) is 5.62. The van der Waals surface area contributed by atoms with Gasteiger partial charge in [0, 0.05) is 22.0 Å². The van der Waals surface area contributed by atoms with Gasteiger partial charge in [-0.05, 0) is 37.5 Å². The second-order valence-corrected chi connectivity index (χ2v) is 6.06. The number of fused-ring (bicyclic) bond motifs is 1. The predicted molar refractivity (Wildman–Crippen MR) is 82.6 cm³/mol. The summed E-state index contributed by atoms with van der Waals surface area (Å²) in [6.07, 6.45) is 1.90. The van der Waals surface area contributed by atoms with E-state index in [1.807, 2.05) is 6.92 Å². The van der Waals surface area contributed by atoms with Crippen LogP contribution in [0.25, 0.3) is 10.9 Å². The highest BCUT2D eigenvalue weighted by Crippen LogP contribution is 2.46. The van der Waals surface area contributed by atoms with Crippen LogP contribution in [0.5, 0.6) is 0 Å². The molecule has 1 saturated carbocycles. The number of carbonyl (C=O) groups excluding carboxylic acids is 1. The molecule has 1 heterocycles. The summed E-state index contributed by atoms with van der Waals surface area (Å²) in [5.74, 6) is -1.18. The monoisotopic (exact) mass is 321 g/mol. The summed E-state index contributed by atoms with van der Waals surface area (Å²) in [7, 11) is 1.33. The molecule has 5 nitrogen and oxygen atoms in total. The van der Waals surface area contributed by atoms with Gasteiger partial charge in [0.05, 0.1) is 18.2 Å². The van der Waals surface area contributed by atoms with Gasteiger partial charge in [-0.15, -0.1) is 0 Å². The van der Waals surface area contributed by atoms with Crippen molar-refractivity contribution in [2.75, 3.05) is 7.11 Å². The summed E-state index contributed by atoms with van der Waals surface area (Å²) in [5, 5.41) is 10.4. The molecule has 3 rings (SSSR count). The summed E-state index contributed by atoms with van der Waals surface area (Å²) in [6, 6.07) is 3.49. The van der Waals surface area contributed by atoms with E-state index in [1.165, 1.54) is 7.11 Å². The third-order valence-corrected chi connectivity index (χ3v) is 4.22. The number of ether oxygens (including phenoxy) is 1. The normalized spacial score (nSPS) is 14.3. The lowest BCUT2D eigenvalue weighted by molar-refractivity contribution is -0.137. The van der Waals surface area contributed by atoms with Crippen molar-refractivity contribution in [2.24, 2.45) is 0 Å². The Labute approximate surface area is 132 Å². The molecule has 116 valence electrons. The van der Waals surface area contributed by atoms with Crippen LogP contribution in [0, 0.1) is 6.92 Å².